The van der Waals surface area contributed by atoms with Gasteiger partial charge < -0.3 is 15.0 Å². The molecule has 0 saturated heterocycles. The summed E-state index contributed by atoms with van der Waals surface area (Å²) < 4.78 is 10.3. The Balaban J connectivity index is 1.96. The van der Waals surface area contributed by atoms with Crippen LogP contribution in [0.5, 0.6) is 5.75 Å². The van der Waals surface area contributed by atoms with Crippen LogP contribution < -0.4 is 10.5 Å². The minimum atomic E-state index is 0.226. The maximum absolute atomic E-state index is 5.81. The van der Waals surface area contributed by atoms with Gasteiger partial charge in [0.25, 0.3) is 0 Å². The predicted octanol–water partition coefficient (Wildman–Crippen LogP) is 1.76. The largest absolute Gasteiger partial charge is 0.485 e. The summed E-state index contributed by atoms with van der Waals surface area (Å²) in [5.41, 5.74) is 5.34. The van der Waals surface area contributed by atoms with Crippen molar-refractivity contribution in [3.05, 3.63) is 41.0 Å². The second-order valence-electron chi connectivity index (χ2n) is 3.05. The van der Waals surface area contributed by atoms with E-state index in [1.165, 1.54) is 0 Å². The maximum atomic E-state index is 5.81. The third-order valence-corrected chi connectivity index (χ3v) is 2.08. The van der Waals surface area contributed by atoms with Crippen LogP contribution in [-0.2, 0) is 13.2 Å². The first kappa shape index (κ1) is 10.9. The lowest BCUT2D eigenvalue weighted by Gasteiger charge is -2.02. The van der Waals surface area contributed by atoms with Crippen LogP contribution in [0.3, 0.4) is 0 Å². The van der Waals surface area contributed by atoms with Crippen molar-refractivity contribution >= 4 is 11.6 Å². The van der Waals surface area contributed by atoms with E-state index < -0.39 is 0 Å². The van der Waals surface area contributed by atoms with E-state index in [9.17, 15) is 0 Å². The minimum absolute atomic E-state index is 0.226. The molecule has 16 heavy (non-hydrogen) atoms. The monoisotopic (exact) mass is 239 g/mol. The van der Waals surface area contributed by atoms with Gasteiger partial charge in [0.05, 0.1) is 6.54 Å². The van der Waals surface area contributed by atoms with Crippen molar-refractivity contribution in [2.45, 2.75) is 13.2 Å². The molecule has 0 bridgehead atoms. The standard InChI is InChI=1S/C10H10ClN3O2/c11-7-2-1-3-8(4-7)15-6-9-13-10(5-12)16-14-9/h1-4H,5-6,12H2. The summed E-state index contributed by atoms with van der Waals surface area (Å²) in [4.78, 5) is 4.01. The maximum Gasteiger partial charge on any atom is 0.240 e. The molecule has 0 unspecified atom stereocenters. The van der Waals surface area contributed by atoms with Gasteiger partial charge in [-0.15, -0.1) is 0 Å². The highest BCUT2D eigenvalue weighted by Gasteiger charge is 2.05. The molecule has 84 valence electrons. The van der Waals surface area contributed by atoms with E-state index in [-0.39, 0.29) is 13.2 Å². The molecule has 1 aromatic carbocycles. The van der Waals surface area contributed by atoms with Crippen LogP contribution in [-0.4, -0.2) is 10.1 Å². The molecule has 0 atom stereocenters. The topological polar surface area (TPSA) is 74.2 Å². The van der Waals surface area contributed by atoms with Crippen LogP contribution in [0.15, 0.2) is 28.8 Å². The zero-order chi connectivity index (χ0) is 11.4. The SMILES string of the molecule is NCc1nc(COc2cccc(Cl)c2)no1. The molecule has 2 aromatic rings. The number of nitrogens with two attached hydrogens (primary N) is 1. The molecule has 0 aliphatic rings. The van der Waals surface area contributed by atoms with Crippen LogP contribution in [0.4, 0.5) is 0 Å². The molecule has 1 heterocycles. The zero-order valence-corrected chi connectivity index (χ0v) is 9.15. The second-order valence-corrected chi connectivity index (χ2v) is 3.49. The summed E-state index contributed by atoms with van der Waals surface area (Å²) in [5, 5.41) is 4.32. The lowest BCUT2D eigenvalue weighted by molar-refractivity contribution is 0.285. The lowest BCUT2D eigenvalue weighted by Crippen LogP contribution is -1.99. The highest BCUT2D eigenvalue weighted by Crippen LogP contribution is 2.17. The van der Waals surface area contributed by atoms with Gasteiger partial charge in [-0.2, -0.15) is 4.98 Å². The summed E-state index contributed by atoms with van der Waals surface area (Å²) in [7, 11) is 0. The number of rotatable bonds is 4. The molecular formula is C10H10ClN3O2. The molecular weight excluding hydrogens is 230 g/mol. The molecule has 0 amide bonds. The molecule has 0 saturated carbocycles. The number of nitrogens with zero attached hydrogens (tertiary/aromatic N) is 2. The number of hydrogen-bond donors (Lipinski definition) is 1. The Morgan fingerprint density at radius 2 is 2.31 bits per heavy atom. The first-order valence-electron chi connectivity index (χ1n) is 4.68. The van der Waals surface area contributed by atoms with Crippen molar-refractivity contribution in [2.75, 3.05) is 0 Å². The Morgan fingerprint density at radius 3 is 3.00 bits per heavy atom. The highest BCUT2D eigenvalue weighted by atomic mass is 35.5. The normalized spacial score (nSPS) is 10.4. The van der Waals surface area contributed by atoms with Gasteiger partial charge in [-0.05, 0) is 18.2 Å². The van der Waals surface area contributed by atoms with E-state index in [2.05, 4.69) is 10.1 Å². The Morgan fingerprint density at radius 1 is 1.44 bits per heavy atom. The molecule has 1 aromatic heterocycles. The molecule has 2 N–H and O–H groups in total. The van der Waals surface area contributed by atoms with E-state index in [4.69, 9.17) is 26.6 Å². The van der Waals surface area contributed by atoms with E-state index in [0.717, 1.165) is 0 Å². The van der Waals surface area contributed by atoms with Gasteiger partial charge in [-0.3, -0.25) is 0 Å². The quantitative estimate of drug-likeness (QED) is 0.880. The Kier molecular flexibility index (Phi) is 3.38. The summed E-state index contributed by atoms with van der Waals surface area (Å²) in [6.45, 7) is 0.452. The first-order valence-corrected chi connectivity index (χ1v) is 5.05. The minimum Gasteiger partial charge on any atom is -0.485 e. The molecule has 0 aliphatic carbocycles. The fraction of sp³-hybridized carbons (Fsp3) is 0.200. The van der Waals surface area contributed by atoms with Crippen LogP contribution in [0.1, 0.15) is 11.7 Å². The molecule has 0 aliphatic heterocycles. The van der Waals surface area contributed by atoms with Gasteiger partial charge in [-0.25, -0.2) is 0 Å². The molecule has 0 radical (unpaired) electrons. The van der Waals surface area contributed by atoms with E-state index in [0.29, 0.717) is 22.5 Å². The summed E-state index contributed by atoms with van der Waals surface area (Å²) >= 11 is 5.81. The molecule has 5 nitrogen and oxygen atoms in total. The van der Waals surface area contributed by atoms with Crippen molar-refractivity contribution in [3.63, 3.8) is 0 Å². The van der Waals surface area contributed by atoms with Gasteiger partial charge in [-0.1, -0.05) is 22.8 Å². The second kappa shape index (κ2) is 4.96. The van der Waals surface area contributed by atoms with Crippen LogP contribution >= 0.6 is 11.6 Å². The van der Waals surface area contributed by atoms with Crippen molar-refractivity contribution in [1.82, 2.24) is 10.1 Å². The third-order valence-electron chi connectivity index (χ3n) is 1.85. The smallest absolute Gasteiger partial charge is 0.240 e. The Labute approximate surface area is 97.2 Å². The number of halogens is 1. The number of hydrogen-bond acceptors (Lipinski definition) is 5. The summed E-state index contributed by atoms with van der Waals surface area (Å²) in [6.07, 6.45) is 0. The Bertz CT molecular complexity index is 473. The number of aromatic nitrogens is 2. The van der Waals surface area contributed by atoms with E-state index in [1.807, 2.05) is 0 Å². The summed E-state index contributed by atoms with van der Waals surface area (Å²) in [5.74, 6) is 1.51. The van der Waals surface area contributed by atoms with Crippen molar-refractivity contribution in [1.29, 1.82) is 0 Å². The zero-order valence-electron chi connectivity index (χ0n) is 8.39. The van der Waals surface area contributed by atoms with Gasteiger partial charge in [0.2, 0.25) is 11.7 Å². The average molecular weight is 240 g/mol. The lowest BCUT2D eigenvalue weighted by atomic mass is 10.3. The van der Waals surface area contributed by atoms with E-state index >= 15 is 0 Å². The highest BCUT2D eigenvalue weighted by molar-refractivity contribution is 6.30. The third kappa shape index (κ3) is 2.71. The number of ether oxygens (including phenoxy) is 1. The van der Waals surface area contributed by atoms with Crippen LogP contribution in [0.2, 0.25) is 5.02 Å². The molecule has 2 rings (SSSR count). The van der Waals surface area contributed by atoms with Gasteiger partial charge >= 0.3 is 0 Å². The Hall–Kier alpha value is -1.59. The molecule has 0 fully saturated rings. The van der Waals surface area contributed by atoms with Crippen LogP contribution in [0, 0.1) is 0 Å². The summed E-state index contributed by atoms with van der Waals surface area (Å²) in [6, 6.07) is 7.09. The van der Waals surface area contributed by atoms with Crippen molar-refractivity contribution in [2.24, 2.45) is 5.73 Å². The van der Waals surface area contributed by atoms with E-state index in [1.54, 1.807) is 24.3 Å². The predicted molar refractivity (Wildman–Crippen MR) is 58.0 cm³/mol. The van der Waals surface area contributed by atoms with Gasteiger partial charge in [0.15, 0.2) is 6.61 Å². The molecule has 0 spiro atoms. The fourth-order valence-electron chi connectivity index (χ4n) is 1.14. The average Bonchev–Trinajstić information content (AvgIpc) is 2.74. The van der Waals surface area contributed by atoms with Crippen molar-refractivity contribution in [3.8, 4) is 5.75 Å². The fourth-order valence-corrected chi connectivity index (χ4v) is 1.32. The number of benzene rings is 1. The van der Waals surface area contributed by atoms with Crippen molar-refractivity contribution < 1.29 is 9.26 Å². The molecule has 6 heteroatoms. The van der Waals surface area contributed by atoms with Gasteiger partial charge in [0.1, 0.15) is 5.75 Å². The first-order chi connectivity index (χ1) is 7.78. The van der Waals surface area contributed by atoms with Gasteiger partial charge in [0, 0.05) is 5.02 Å². The van der Waals surface area contributed by atoms with Crippen LogP contribution in [0.25, 0.3) is 0 Å².